The van der Waals surface area contributed by atoms with Gasteiger partial charge in [0, 0.05) is 13.8 Å². The molecule has 296 valence electrons. The molecular formula is C28H48N2O21. The second-order valence-corrected chi connectivity index (χ2v) is 12.7. The number of amides is 2. The van der Waals surface area contributed by atoms with Crippen molar-refractivity contribution in [1.82, 2.24) is 10.6 Å². The fourth-order valence-corrected chi connectivity index (χ4v) is 6.24. The summed E-state index contributed by atoms with van der Waals surface area (Å²) >= 11 is 0. The summed E-state index contributed by atoms with van der Waals surface area (Å²) in [4.78, 5) is 23.8. The highest BCUT2D eigenvalue weighted by atomic mass is 16.7. The van der Waals surface area contributed by atoms with Crippen LogP contribution in [0.25, 0.3) is 0 Å². The molecule has 0 aromatic rings. The third-order valence-corrected chi connectivity index (χ3v) is 8.99. The summed E-state index contributed by atoms with van der Waals surface area (Å²) in [6.45, 7) is -0.973. The fraction of sp³-hybridized carbons (Fsp3) is 0.929. The van der Waals surface area contributed by atoms with Gasteiger partial charge < -0.3 is 105 Å². The maximum absolute atomic E-state index is 12.1. The van der Waals surface area contributed by atoms with Gasteiger partial charge in [0.2, 0.25) is 11.8 Å². The fourth-order valence-electron chi connectivity index (χ4n) is 6.24. The number of carbonyl (C=O) groups excluding carboxylic acids is 2. The summed E-state index contributed by atoms with van der Waals surface area (Å²) in [5.74, 6) is -1.37. The van der Waals surface area contributed by atoms with Gasteiger partial charge in [-0.1, -0.05) is 0 Å². The minimum Gasteiger partial charge on any atom is -0.394 e. The SMILES string of the molecule is CC(=O)N[C@@H]1[C@@H](O[C@@H]2O[C@H](CO)[C@H](O)[C@H](O[C@@H]3O[C@H](CO)[C@H](O)[C@H](O)[C@H]3O)[C@H]2O)[C@@H](O)[C@@H](CO[C@@H]2O[C@H](CO)[C@@H](O)[C@H](O)[C@H]2NC(C)=O)O[C@@H]1O. The van der Waals surface area contributed by atoms with Crippen LogP contribution in [0.4, 0.5) is 0 Å². The lowest BCUT2D eigenvalue weighted by atomic mass is 9.94. The molecule has 0 saturated carbocycles. The number of hydrogen-bond acceptors (Lipinski definition) is 21. The smallest absolute Gasteiger partial charge is 0.217 e. The van der Waals surface area contributed by atoms with Crippen molar-refractivity contribution in [3.63, 3.8) is 0 Å². The number of nitrogens with one attached hydrogen (secondary N) is 2. The predicted octanol–water partition coefficient (Wildman–Crippen LogP) is -9.46. The van der Waals surface area contributed by atoms with Crippen molar-refractivity contribution < 1.29 is 104 Å². The van der Waals surface area contributed by atoms with E-state index >= 15 is 0 Å². The zero-order chi connectivity index (χ0) is 37.9. The number of ether oxygens (including phenoxy) is 7. The standard InChI is InChI=1S/C28H48N2O21/c1-7(34)29-13-19(40)15(36)9(3-31)47-26(13)45-6-12-18(39)23(14(25(44)46-12)30-8(2)35)50-28-22(43)24(17(38)11(5-33)49-28)51-27-21(42)20(41)16(37)10(4-32)48-27/h9-28,31-33,36-44H,3-6H2,1-2H3,(H,29,34)(H,30,35)/t9-,10-,11-,12-,13-,14-,15-,16+,17+,18+,19-,20+,21-,22-,23-,24+,25+,26-,27+,28+/m1/s1. The first-order valence-corrected chi connectivity index (χ1v) is 16.1. The van der Waals surface area contributed by atoms with E-state index in [4.69, 9.17) is 33.2 Å². The Hall–Kier alpha value is -1.82. The van der Waals surface area contributed by atoms with Crippen LogP contribution in [0.5, 0.6) is 0 Å². The van der Waals surface area contributed by atoms with Crippen molar-refractivity contribution in [2.45, 2.75) is 137 Å². The van der Waals surface area contributed by atoms with Crippen LogP contribution in [0.3, 0.4) is 0 Å². The number of rotatable bonds is 12. The Morgan fingerprint density at radius 1 is 0.510 bits per heavy atom. The minimum absolute atomic E-state index is 0.645. The van der Waals surface area contributed by atoms with Crippen LogP contribution in [0.2, 0.25) is 0 Å². The average Bonchev–Trinajstić information content (AvgIpc) is 3.08. The van der Waals surface area contributed by atoms with Crippen LogP contribution in [0, 0.1) is 0 Å². The van der Waals surface area contributed by atoms with Gasteiger partial charge in [-0.2, -0.15) is 0 Å². The molecule has 0 spiro atoms. The van der Waals surface area contributed by atoms with Crippen LogP contribution in [0.1, 0.15) is 13.8 Å². The summed E-state index contributed by atoms with van der Waals surface area (Å²) in [5.41, 5.74) is 0. The molecule has 0 aromatic heterocycles. The molecule has 51 heavy (non-hydrogen) atoms. The van der Waals surface area contributed by atoms with E-state index in [0.717, 1.165) is 13.8 Å². The van der Waals surface area contributed by atoms with Crippen molar-refractivity contribution in [3.05, 3.63) is 0 Å². The van der Waals surface area contributed by atoms with Gasteiger partial charge in [-0.3, -0.25) is 9.59 Å². The Morgan fingerprint density at radius 2 is 0.961 bits per heavy atom. The van der Waals surface area contributed by atoms with Crippen LogP contribution >= 0.6 is 0 Å². The van der Waals surface area contributed by atoms with Crippen LogP contribution in [-0.4, -0.2) is 222 Å². The van der Waals surface area contributed by atoms with Gasteiger partial charge in [0.05, 0.1) is 26.4 Å². The molecule has 0 radical (unpaired) electrons. The molecule has 20 atom stereocenters. The molecule has 4 rings (SSSR count). The van der Waals surface area contributed by atoms with Gasteiger partial charge in [0.15, 0.2) is 25.2 Å². The maximum Gasteiger partial charge on any atom is 0.217 e. The molecule has 4 aliphatic rings. The molecule has 0 aromatic carbocycles. The summed E-state index contributed by atoms with van der Waals surface area (Å²) in [5, 5.41) is 130. The first kappa shape index (κ1) is 41.9. The molecule has 4 aliphatic heterocycles. The molecule has 14 N–H and O–H groups in total. The Morgan fingerprint density at radius 3 is 1.51 bits per heavy atom. The van der Waals surface area contributed by atoms with Crippen molar-refractivity contribution in [2.24, 2.45) is 0 Å². The van der Waals surface area contributed by atoms with E-state index in [1.54, 1.807) is 0 Å². The van der Waals surface area contributed by atoms with E-state index in [1.807, 2.05) is 0 Å². The highest BCUT2D eigenvalue weighted by Crippen LogP contribution is 2.33. The van der Waals surface area contributed by atoms with Gasteiger partial charge in [-0.25, -0.2) is 0 Å². The van der Waals surface area contributed by atoms with Crippen molar-refractivity contribution >= 4 is 11.8 Å². The summed E-state index contributed by atoms with van der Waals surface area (Å²) in [7, 11) is 0. The molecule has 4 saturated heterocycles. The lowest BCUT2D eigenvalue weighted by Crippen LogP contribution is -2.69. The second kappa shape index (κ2) is 18.0. The van der Waals surface area contributed by atoms with Crippen LogP contribution in [-0.2, 0) is 42.7 Å². The van der Waals surface area contributed by atoms with Gasteiger partial charge in [-0.15, -0.1) is 0 Å². The summed E-state index contributed by atoms with van der Waals surface area (Å²) in [6, 6.07) is -2.94. The predicted molar refractivity (Wildman–Crippen MR) is 157 cm³/mol. The number of aliphatic hydroxyl groups is 12. The monoisotopic (exact) mass is 748 g/mol. The van der Waals surface area contributed by atoms with E-state index in [0.29, 0.717) is 0 Å². The van der Waals surface area contributed by atoms with Crippen LogP contribution in [0.15, 0.2) is 0 Å². The Balaban J connectivity index is 1.54. The molecule has 23 nitrogen and oxygen atoms in total. The third kappa shape index (κ3) is 9.29. The Kier molecular flexibility index (Phi) is 14.8. The summed E-state index contributed by atoms with van der Waals surface area (Å²) in [6.07, 6.45) is -31.4. The molecule has 0 unspecified atom stereocenters. The Bertz CT molecular complexity index is 1140. The van der Waals surface area contributed by atoms with Gasteiger partial charge in [0.1, 0.15) is 97.5 Å². The largest absolute Gasteiger partial charge is 0.394 e. The zero-order valence-corrected chi connectivity index (χ0v) is 27.4. The lowest BCUT2D eigenvalue weighted by molar-refractivity contribution is -0.374. The molecular weight excluding hydrogens is 700 g/mol. The minimum atomic E-state index is -2.05. The van der Waals surface area contributed by atoms with E-state index < -0.39 is 161 Å². The summed E-state index contributed by atoms with van der Waals surface area (Å²) < 4.78 is 38.8. The first-order chi connectivity index (χ1) is 24.0. The van der Waals surface area contributed by atoms with Gasteiger partial charge in [0.25, 0.3) is 0 Å². The Labute approximate surface area is 289 Å². The van der Waals surface area contributed by atoms with E-state index in [2.05, 4.69) is 10.6 Å². The zero-order valence-electron chi connectivity index (χ0n) is 27.4. The lowest BCUT2D eigenvalue weighted by Gasteiger charge is -2.48. The van der Waals surface area contributed by atoms with Crippen molar-refractivity contribution in [3.8, 4) is 0 Å². The second-order valence-electron chi connectivity index (χ2n) is 12.7. The quantitative estimate of drug-likeness (QED) is 0.0881. The molecule has 0 aliphatic carbocycles. The number of aliphatic hydroxyl groups excluding tert-OH is 12. The number of carbonyl (C=O) groups is 2. The van der Waals surface area contributed by atoms with Gasteiger partial charge >= 0.3 is 0 Å². The average molecular weight is 749 g/mol. The van der Waals surface area contributed by atoms with Crippen molar-refractivity contribution in [2.75, 3.05) is 26.4 Å². The van der Waals surface area contributed by atoms with E-state index in [-0.39, 0.29) is 0 Å². The van der Waals surface area contributed by atoms with E-state index in [9.17, 15) is 70.9 Å². The topological polar surface area (TPSA) is 366 Å². The highest BCUT2D eigenvalue weighted by molar-refractivity contribution is 5.73. The van der Waals surface area contributed by atoms with Gasteiger partial charge in [-0.05, 0) is 0 Å². The molecule has 4 fully saturated rings. The van der Waals surface area contributed by atoms with Crippen LogP contribution < -0.4 is 10.6 Å². The maximum atomic E-state index is 12.1. The number of hydrogen-bond donors (Lipinski definition) is 14. The molecule has 0 bridgehead atoms. The molecule has 23 heteroatoms. The normalized spacial score (nSPS) is 47.8. The highest BCUT2D eigenvalue weighted by Gasteiger charge is 2.54. The van der Waals surface area contributed by atoms with E-state index in [1.165, 1.54) is 0 Å². The molecule has 4 heterocycles. The first-order valence-electron chi connectivity index (χ1n) is 16.1. The third-order valence-electron chi connectivity index (χ3n) is 8.99. The molecule has 2 amide bonds. The van der Waals surface area contributed by atoms with Crippen molar-refractivity contribution in [1.29, 1.82) is 0 Å².